The van der Waals surface area contributed by atoms with Crippen molar-refractivity contribution in [2.75, 3.05) is 6.26 Å². The molecule has 0 saturated carbocycles. The van der Waals surface area contributed by atoms with Crippen LogP contribution in [0.25, 0.3) is 0 Å². The second kappa shape index (κ2) is 4.69. The number of nitriles is 1. The fraction of sp³-hybridized carbons (Fsp3) is 0.250. The normalized spacial score (nSPS) is 11.7. The van der Waals surface area contributed by atoms with E-state index in [1.165, 1.54) is 6.07 Å². The average molecular weight is 282 g/mol. The Balaban J connectivity index is 3.15. The molecule has 6 nitrogen and oxygen atoms in total. The highest BCUT2D eigenvalue weighted by Crippen LogP contribution is 2.27. The molecule has 0 spiro atoms. The van der Waals surface area contributed by atoms with Gasteiger partial charge in [-0.15, -0.1) is 13.2 Å². The average Bonchev–Trinajstić information content (AvgIpc) is 2.12. The van der Waals surface area contributed by atoms with Crippen LogP contribution in [0, 0.1) is 11.3 Å². The molecule has 1 heterocycles. The smallest absolute Gasteiger partial charge is 0.404 e. The van der Waals surface area contributed by atoms with Crippen LogP contribution in [-0.2, 0) is 10.1 Å². The largest absolute Gasteiger partial charge is 0.573 e. The van der Waals surface area contributed by atoms with Crippen LogP contribution in [0.2, 0.25) is 0 Å². The summed E-state index contributed by atoms with van der Waals surface area (Å²) in [7, 11) is -4.00. The molecule has 0 atom stereocenters. The first kappa shape index (κ1) is 14.0. The van der Waals surface area contributed by atoms with Crippen LogP contribution in [0.15, 0.2) is 12.3 Å². The highest BCUT2D eigenvalue weighted by molar-refractivity contribution is 7.86. The standard InChI is InChI=1S/C8H5F3N2O4S/c1-18(14,15)17-7-2-5(16-8(9,10)11)4-13-6(7)3-12/h2,4H,1H3. The molecule has 0 aliphatic heterocycles. The maximum atomic E-state index is 11.9. The monoisotopic (exact) mass is 282 g/mol. The first-order chi connectivity index (χ1) is 8.11. The molecule has 0 fully saturated rings. The maximum Gasteiger partial charge on any atom is 0.573 e. The summed E-state index contributed by atoms with van der Waals surface area (Å²) in [6.07, 6.45) is -3.66. The molecule has 98 valence electrons. The van der Waals surface area contributed by atoms with Gasteiger partial charge in [0.05, 0.1) is 12.5 Å². The Bertz CT molecular complexity index is 591. The highest BCUT2D eigenvalue weighted by Gasteiger charge is 2.31. The van der Waals surface area contributed by atoms with E-state index in [9.17, 15) is 21.6 Å². The summed E-state index contributed by atoms with van der Waals surface area (Å²) >= 11 is 0. The van der Waals surface area contributed by atoms with E-state index in [4.69, 9.17) is 5.26 Å². The molecule has 1 rings (SSSR count). The van der Waals surface area contributed by atoms with Gasteiger partial charge in [-0.1, -0.05) is 0 Å². The minimum absolute atomic E-state index is 0.477. The molecule has 0 aromatic carbocycles. The van der Waals surface area contributed by atoms with Crippen molar-refractivity contribution in [1.82, 2.24) is 4.98 Å². The van der Waals surface area contributed by atoms with E-state index in [1.807, 2.05) is 0 Å². The van der Waals surface area contributed by atoms with Gasteiger partial charge in [-0.2, -0.15) is 13.7 Å². The first-order valence-electron chi connectivity index (χ1n) is 4.16. The molecule has 0 unspecified atom stereocenters. The van der Waals surface area contributed by atoms with Gasteiger partial charge in [-0.25, -0.2) is 4.98 Å². The maximum absolute atomic E-state index is 11.9. The van der Waals surface area contributed by atoms with E-state index >= 15 is 0 Å². The van der Waals surface area contributed by atoms with Gasteiger partial charge >= 0.3 is 16.5 Å². The topological polar surface area (TPSA) is 89.3 Å². The Hall–Kier alpha value is -2.02. The minimum Gasteiger partial charge on any atom is -0.404 e. The highest BCUT2D eigenvalue weighted by atomic mass is 32.2. The third kappa shape index (κ3) is 4.46. The lowest BCUT2D eigenvalue weighted by Crippen LogP contribution is -2.17. The van der Waals surface area contributed by atoms with Crippen LogP contribution in [0.5, 0.6) is 11.5 Å². The van der Waals surface area contributed by atoms with Crippen molar-refractivity contribution in [2.24, 2.45) is 0 Å². The van der Waals surface area contributed by atoms with Gasteiger partial charge < -0.3 is 8.92 Å². The van der Waals surface area contributed by atoms with E-state index in [1.54, 1.807) is 0 Å². The second-order valence-electron chi connectivity index (χ2n) is 2.96. The zero-order valence-electron chi connectivity index (χ0n) is 8.72. The molecule has 18 heavy (non-hydrogen) atoms. The lowest BCUT2D eigenvalue weighted by Gasteiger charge is -2.10. The molecule has 0 N–H and O–H groups in total. The van der Waals surface area contributed by atoms with Gasteiger partial charge in [0.2, 0.25) is 0 Å². The SMILES string of the molecule is CS(=O)(=O)Oc1cc(OC(F)(F)F)cnc1C#N. The molecule has 0 amide bonds. The van der Waals surface area contributed by atoms with Crippen LogP contribution in [0.4, 0.5) is 13.2 Å². The Morgan fingerprint density at radius 3 is 2.50 bits per heavy atom. The van der Waals surface area contributed by atoms with Crippen molar-refractivity contribution < 1.29 is 30.5 Å². The molecule has 1 aromatic rings. The second-order valence-corrected chi connectivity index (χ2v) is 4.54. The van der Waals surface area contributed by atoms with Crippen LogP contribution >= 0.6 is 0 Å². The lowest BCUT2D eigenvalue weighted by atomic mass is 10.3. The van der Waals surface area contributed by atoms with E-state index in [2.05, 4.69) is 13.9 Å². The van der Waals surface area contributed by atoms with Crippen molar-refractivity contribution in [2.45, 2.75) is 6.36 Å². The number of aromatic nitrogens is 1. The van der Waals surface area contributed by atoms with E-state index in [0.29, 0.717) is 18.5 Å². The van der Waals surface area contributed by atoms with E-state index in [-0.39, 0.29) is 0 Å². The fourth-order valence-corrected chi connectivity index (χ4v) is 1.38. The third-order valence-corrected chi connectivity index (χ3v) is 1.89. The Morgan fingerprint density at radius 1 is 1.44 bits per heavy atom. The Labute approximate surface area is 99.7 Å². The van der Waals surface area contributed by atoms with Crippen LogP contribution in [-0.4, -0.2) is 26.0 Å². The Morgan fingerprint density at radius 2 is 2.06 bits per heavy atom. The number of alkyl halides is 3. The number of rotatable bonds is 3. The fourth-order valence-electron chi connectivity index (χ4n) is 0.927. The molecule has 0 aliphatic carbocycles. The summed E-state index contributed by atoms with van der Waals surface area (Å²) in [6.45, 7) is 0. The first-order valence-corrected chi connectivity index (χ1v) is 5.98. The van der Waals surface area contributed by atoms with Gasteiger partial charge in [0, 0.05) is 6.07 Å². The van der Waals surface area contributed by atoms with E-state index in [0.717, 1.165) is 0 Å². The summed E-state index contributed by atoms with van der Waals surface area (Å²) in [6, 6.07) is 2.08. The van der Waals surface area contributed by atoms with Gasteiger partial charge in [0.25, 0.3) is 0 Å². The van der Waals surface area contributed by atoms with Crippen molar-refractivity contribution in [3.05, 3.63) is 18.0 Å². The molecular weight excluding hydrogens is 277 g/mol. The van der Waals surface area contributed by atoms with Gasteiger partial charge in [0.1, 0.15) is 6.07 Å². The predicted octanol–water partition coefficient (Wildman–Crippen LogP) is 1.19. The number of hydrogen-bond acceptors (Lipinski definition) is 6. The van der Waals surface area contributed by atoms with Crippen molar-refractivity contribution in [1.29, 1.82) is 5.26 Å². The lowest BCUT2D eigenvalue weighted by molar-refractivity contribution is -0.274. The minimum atomic E-state index is -4.96. The van der Waals surface area contributed by atoms with Gasteiger partial charge in [-0.3, -0.25) is 0 Å². The summed E-state index contributed by atoms with van der Waals surface area (Å²) in [5, 5.41) is 8.59. The molecule has 0 radical (unpaired) electrons. The Kier molecular flexibility index (Phi) is 3.66. The molecule has 10 heteroatoms. The number of halogens is 3. The molecule has 0 bridgehead atoms. The van der Waals surface area contributed by atoms with Crippen molar-refractivity contribution in [3.8, 4) is 17.6 Å². The summed E-state index contributed by atoms with van der Waals surface area (Å²) in [5.74, 6) is -1.43. The third-order valence-electron chi connectivity index (χ3n) is 1.41. The number of nitrogens with zero attached hydrogens (tertiary/aromatic N) is 2. The van der Waals surface area contributed by atoms with Gasteiger partial charge in [-0.05, 0) is 0 Å². The van der Waals surface area contributed by atoms with Crippen LogP contribution < -0.4 is 8.92 Å². The van der Waals surface area contributed by atoms with Crippen molar-refractivity contribution in [3.63, 3.8) is 0 Å². The summed E-state index contributed by atoms with van der Waals surface area (Å²) < 4.78 is 65.3. The van der Waals surface area contributed by atoms with Crippen LogP contribution in [0.3, 0.4) is 0 Å². The van der Waals surface area contributed by atoms with E-state index < -0.39 is 33.7 Å². The number of pyridine rings is 1. The molecule has 1 aromatic heterocycles. The zero-order valence-corrected chi connectivity index (χ0v) is 9.54. The zero-order chi connectivity index (χ0) is 14.0. The van der Waals surface area contributed by atoms with Gasteiger partial charge in [0.15, 0.2) is 17.2 Å². The quantitative estimate of drug-likeness (QED) is 0.773. The molecule has 0 saturated heterocycles. The molecular formula is C8H5F3N2O4S. The van der Waals surface area contributed by atoms with Crippen LogP contribution in [0.1, 0.15) is 5.69 Å². The number of ether oxygens (including phenoxy) is 1. The predicted molar refractivity (Wildman–Crippen MR) is 51.1 cm³/mol. The summed E-state index contributed by atoms with van der Waals surface area (Å²) in [4.78, 5) is 3.29. The summed E-state index contributed by atoms with van der Waals surface area (Å²) in [5.41, 5.74) is -0.477. The molecule has 0 aliphatic rings. The van der Waals surface area contributed by atoms with Crippen molar-refractivity contribution >= 4 is 10.1 Å². The number of hydrogen-bond donors (Lipinski definition) is 0.